The second kappa shape index (κ2) is 4.92. The van der Waals surface area contributed by atoms with Crippen molar-refractivity contribution in [1.82, 2.24) is 0 Å². The summed E-state index contributed by atoms with van der Waals surface area (Å²) in [6.07, 6.45) is 2.84. The molecule has 1 saturated carbocycles. The van der Waals surface area contributed by atoms with Gasteiger partial charge in [-0.15, -0.1) is 0 Å². The maximum Gasteiger partial charge on any atom is 0.0760 e. The average Bonchev–Trinajstić information content (AvgIpc) is 2.18. The summed E-state index contributed by atoms with van der Waals surface area (Å²) in [7, 11) is 0. The predicted molar refractivity (Wildman–Crippen MR) is 66.7 cm³/mol. The van der Waals surface area contributed by atoms with Gasteiger partial charge in [0.2, 0.25) is 0 Å². The minimum Gasteiger partial charge on any atom is -0.391 e. The molecule has 2 rings (SSSR count). The van der Waals surface area contributed by atoms with Crippen molar-refractivity contribution in [3.05, 3.63) is 33.8 Å². The molecule has 0 heterocycles. The van der Waals surface area contributed by atoms with E-state index in [1.54, 1.807) is 12.1 Å². The predicted octanol–water partition coefficient (Wildman–Crippen LogP) is 3.15. The lowest BCUT2D eigenvalue weighted by Gasteiger charge is -2.33. The lowest BCUT2D eigenvalue weighted by Crippen LogP contribution is -2.36. The molecule has 88 valence electrons. The molecule has 0 bridgehead atoms. The Balaban J connectivity index is 2.12. The summed E-state index contributed by atoms with van der Waals surface area (Å²) in [5.41, 5.74) is 6.86. The summed E-state index contributed by atoms with van der Waals surface area (Å²) in [5, 5.41) is 11.0. The third-order valence-corrected chi connectivity index (χ3v) is 4.07. The fraction of sp³-hybridized carbons (Fsp3) is 0.500. The summed E-state index contributed by atoms with van der Waals surface area (Å²) in [4.78, 5) is 0. The average molecular weight is 260 g/mol. The van der Waals surface area contributed by atoms with Crippen LogP contribution in [0.25, 0.3) is 0 Å². The number of halogens is 2. The number of nitrogens with two attached hydrogens (primary N) is 1. The Bertz CT molecular complexity index is 379. The third-order valence-electron chi connectivity index (χ3n) is 3.33. The zero-order valence-corrected chi connectivity index (χ0v) is 10.4. The molecule has 0 radical (unpaired) electrons. The van der Waals surface area contributed by atoms with E-state index < -0.39 is 6.10 Å². The van der Waals surface area contributed by atoms with Gasteiger partial charge in [0.25, 0.3) is 0 Å². The Morgan fingerprint density at radius 1 is 1.25 bits per heavy atom. The van der Waals surface area contributed by atoms with Crippen molar-refractivity contribution in [3.8, 4) is 0 Å². The van der Waals surface area contributed by atoms with E-state index in [0.717, 1.165) is 18.4 Å². The highest BCUT2D eigenvalue weighted by Crippen LogP contribution is 2.35. The van der Waals surface area contributed by atoms with Gasteiger partial charge in [-0.3, -0.25) is 0 Å². The fourth-order valence-corrected chi connectivity index (χ4v) is 2.30. The minimum atomic E-state index is -0.481. The molecule has 0 spiro atoms. The van der Waals surface area contributed by atoms with E-state index in [9.17, 15) is 5.11 Å². The fourth-order valence-electron chi connectivity index (χ4n) is 1.99. The zero-order valence-electron chi connectivity index (χ0n) is 8.87. The number of aliphatic hydroxyl groups excluding tert-OH is 1. The van der Waals surface area contributed by atoms with Gasteiger partial charge in [-0.25, -0.2) is 0 Å². The molecule has 1 aromatic rings. The van der Waals surface area contributed by atoms with Crippen molar-refractivity contribution in [3.63, 3.8) is 0 Å². The van der Waals surface area contributed by atoms with Gasteiger partial charge in [0.15, 0.2) is 0 Å². The summed E-state index contributed by atoms with van der Waals surface area (Å²) >= 11 is 11.8. The third kappa shape index (κ3) is 2.35. The van der Waals surface area contributed by atoms with Crippen molar-refractivity contribution in [1.29, 1.82) is 0 Å². The van der Waals surface area contributed by atoms with Crippen LogP contribution in [0.15, 0.2) is 18.2 Å². The Labute approximate surface area is 105 Å². The Morgan fingerprint density at radius 2 is 1.94 bits per heavy atom. The number of aliphatic hydroxyl groups is 1. The SMILES string of the molecule is N[C@H](c1ccc(Cl)c(Cl)c1)[C@@H](O)C1CCC1. The van der Waals surface area contributed by atoms with Crippen molar-refractivity contribution >= 4 is 23.2 Å². The van der Waals surface area contributed by atoms with Crippen molar-refractivity contribution in [2.45, 2.75) is 31.4 Å². The van der Waals surface area contributed by atoms with Crippen LogP contribution >= 0.6 is 23.2 Å². The first kappa shape index (κ1) is 12.2. The van der Waals surface area contributed by atoms with E-state index in [1.165, 1.54) is 6.42 Å². The summed E-state index contributed by atoms with van der Waals surface area (Å²) in [5.74, 6) is 0.337. The van der Waals surface area contributed by atoms with E-state index in [2.05, 4.69) is 0 Å². The Kier molecular flexibility index (Phi) is 3.75. The lowest BCUT2D eigenvalue weighted by atomic mass is 9.77. The molecule has 3 N–H and O–H groups in total. The first-order valence-electron chi connectivity index (χ1n) is 5.48. The molecule has 0 aliphatic heterocycles. The molecule has 1 aliphatic carbocycles. The van der Waals surface area contributed by atoms with Crippen LogP contribution in [0.3, 0.4) is 0 Å². The molecule has 0 aromatic heterocycles. The summed E-state index contributed by atoms with van der Waals surface area (Å²) in [6, 6.07) is 4.89. The molecule has 0 unspecified atom stereocenters. The van der Waals surface area contributed by atoms with Gasteiger partial charge in [-0.2, -0.15) is 0 Å². The first-order valence-corrected chi connectivity index (χ1v) is 6.24. The largest absolute Gasteiger partial charge is 0.391 e. The van der Waals surface area contributed by atoms with Crippen LogP contribution in [0, 0.1) is 5.92 Å². The highest BCUT2D eigenvalue weighted by molar-refractivity contribution is 6.42. The normalized spacial score (nSPS) is 20.2. The van der Waals surface area contributed by atoms with Crippen molar-refractivity contribution in [2.24, 2.45) is 11.7 Å². The second-order valence-electron chi connectivity index (χ2n) is 4.38. The van der Waals surface area contributed by atoms with E-state index in [-0.39, 0.29) is 6.04 Å². The maximum atomic E-state index is 10.1. The zero-order chi connectivity index (χ0) is 11.7. The van der Waals surface area contributed by atoms with Crippen LogP contribution < -0.4 is 5.73 Å². The van der Waals surface area contributed by atoms with E-state index >= 15 is 0 Å². The highest BCUT2D eigenvalue weighted by atomic mass is 35.5. The molecule has 4 heteroatoms. The number of benzene rings is 1. The molecule has 1 aliphatic rings. The molecule has 16 heavy (non-hydrogen) atoms. The van der Waals surface area contributed by atoms with Gasteiger partial charge >= 0.3 is 0 Å². The van der Waals surface area contributed by atoms with Gasteiger partial charge in [0.1, 0.15) is 0 Å². The smallest absolute Gasteiger partial charge is 0.0760 e. The molecule has 0 amide bonds. The monoisotopic (exact) mass is 259 g/mol. The van der Waals surface area contributed by atoms with Gasteiger partial charge in [0, 0.05) is 0 Å². The van der Waals surface area contributed by atoms with E-state index in [1.807, 2.05) is 6.07 Å². The topological polar surface area (TPSA) is 46.2 Å². The molecular formula is C12H15Cl2NO. The Morgan fingerprint density at radius 3 is 2.44 bits per heavy atom. The van der Waals surface area contributed by atoms with Crippen LogP contribution in [-0.2, 0) is 0 Å². The second-order valence-corrected chi connectivity index (χ2v) is 5.20. The number of hydrogen-bond donors (Lipinski definition) is 2. The van der Waals surface area contributed by atoms with Crippen LogP contribution in [0.1, 0.15) is 30.9 Å². The van der Waals surface area contributed by atoms with E-state index in [0.29, 0.717) is 16.0 Å². The number of rotatable bonds is 3. The van der Waals surface area contributed by atoms with Crippen molar-refractivity contribution < 1.29 is 5.11 Å². The first-order chi connectivity index (χ1) is 7.59. The Hall–Kier alpha value is -0.280. The van der Waals surface area contributed by atoms with Crippen LogP contribution in [0.2, 0.25) is 10.0 Å². The maximum absolute atomic E-state index is 10.1. The lowest BCUT2D eigenvalue weighted by molar-refractivity contribution is 0.0414. The summed E-state index contributed by atoms with van der Waals surface area (Å²) < 4.78 is 0. The standard InChI is InChI=1S/C12H15Cl2NO/c13-9-5-4-8(6-10(9)14)11(15)12(16)7-2-1-3-7/h4-7,11-12,16H,1-3,15H2/t11-,12+/m1/s1. The molecule has 1 fully saturated rings. The summed E-state index contributed by atoms with van der Waals surface area (Å²) in [6.45, 7) is 0. The quantitative estimate of drug-likeness (QED) is 0.876. The molecular weight excluding hydrogens is 245 g/mol. The highest BCUT2D eigenvalue weighted by Gasteiger charge is 2.30. The molecule has 0 saturated heterocycles. The van der Waals surface area contributed by atoms with Gasteiger partial charge < -0.3 is 10.8 Å². The molecule has 2 nitrogen and oxygen atoms in total. The minimum absolute atomic E-state index is 0.337. The van der Waals surface area contributed by atoms with Crippen LogP contribution in [0.5, 0.6) is 0 Å². The van der Waals surface area contributed by atoms with Gasteiger partial charge in [-0.1, -0.05) is 35.7 Å². The van der Waals surface area contributed by atoms with Gasteiger partial charge in [0.05, 0.1) is 22.2 Å². The van der Waals surface area contributed by atoms with E-state index in [4.69, 9.17) is 28.9 Å². The molecule has 1 aromatic carbocycles. The number of hydrogen-bond acceptors (Lipinski definition) is 2. The van der Waals surface area contributed by atoms with Crippen LogP contribution in [-0.4, -0.2) is 11.2 Å². The molecule has 2 atom stereocenters. The van der Waals surface area contributed by atoms with Crippen molar-refractivity contribution in [2.75, 3.05) is 0 Å². The van der Waals surface area contributed by atoms with Gasteiger partial charge in [-0.05, 0) is 36.5 Å². The van der Waals surface area contributed by atoms with Crippen LogP contribution in [0.4, 0.5) is 0 Å².